The molecule has 4 nitrogen and oxygen atoms in total. The lowest BCUT2D eigenvalue weighted by Gasteiger charge is -2.10. The van der Waals surface area contributed by atoms with E-state index in [1.54, 1.807) is 0 Å². The minimum Gasteiger partial charge on any atom is -0.319 e. The molecule has 1 aromatic carbocycles. The number of hydrogen-bond donors (Lipinski definition) is 1. The highest BCUT2D eigenvalue weighted by Gasteiger charge is 2.33. The minimum atomic E-state index is -4.41. The van der Waals surface area contributed by atoms with Crippen molar-refractivity contribution in [2.45, 2.75) is 6.18 Å². The summed E-state index contributed by atoms with van der Waals surface area (Å²) in [5, 5.41) is 7.66. The van der Waals surface area contributed by atoms with Crippen molar-refractivity contribution < 1.29 is 13.2 Å². The molecule has 1 radical (unpaired) electrons. The molecule has 0 aliphatic rings. The second-order valence-electron chi connectivity index (χ2n) is 3.68. The maximum absolute atomic E-state index is 12.9. The van der Waals surface area contributed by atoms with Crippen LogP contribution in [0.2, 0.25) is 0 Å². The SMILES string of the molecule is FC(F)(F)c1ccccc1-c1cc2[nH][c]nn2n1. The quantitative estimate of drug-likeness (QED) is 0.722. The monoisotopic (exact) mass is 251 g/mol. The summed E-state index contributed by atoms with van der Waals surface area (Å²) in [4.78, 5) is 2.65. The van der Waals surface area contributed by atoms with Gasteiger partial charge in [0.15, 0.2) is 12.0 Å². The van der Waals surface area contributed by atoms with Crippen LogP contribution in [0.15, 0.2) is 30.3 Å². The van der Waals surface area contributed by atoms with E-state index in [-0.39, 0.29) is 11.3 Å². The van der Waals surface area contributed by atoms with Crippen LogP contribution in [-0.4, -0.2) is 19.8 Å². The summed E-state index contributed by atoms with van der Waals surface area (Å²) in [6.07, 6.45) is -1.96. The van der Waals surface area contributed by atoms with Crippen LogP contribution >= 0.6 is 0 Å². The first-order valence-electron chi connectivity index (χ1n) is 5.04. The van der Waals surface area contributed by atoms with E-state index in [1.165, 1.54) is 28.9 Å². The summed E-state index contributed by atoms with van der Waals surface area (Å²) in [6, 6.07) is 6.79. The van der Waals surface area contributed by atoms with E-state index < -0.39 is 11.7 Å². The average Bonchev–Trinajstić information content (AvgIpc) is 2.87. The van der Waals surface area contributed by atoms with Crippen LogP contribution < -0.4 is 0 Å². The fraction of sp³-hybridized carbons (Fsp3) is 0.0909. The number of hydrogen-bond acceptors (Lipinski definition) is 2. The Labute approximate surface area is 99.1 Å². The molecule has 1 N–H and O–H groups in total. The van der Waals surface area contributed by atoms with Gasteiger partial charge in [-0.3, -0.25) is 0 Å². The van der Waals surface area contributed by atoms with E-state index in [2.05, 4.69) is 21.5 Å². The van der Waals surface area contributed by atoms with E-state index in [0.717, 1.165) is 6.07 Å². The minimum absolute atomic E-state index is 0.0314. The molecule has 0 fully saturated rings. The zero-order valence-electron chi connectivity index (χ0n) is 8.86. The van der Waals surface area contributed by atoms with Crippen LogP contribution in [0.1, 0.15) is 5.56 Å². The Morgan fingerprint density at radius 2 is 2.00 bits per heavy atom. The van der Waals surface area contributed by atoms with Gasteiger partial charge in [-0.1, -0.05) is 18.2 Å². The van der Waals surface area contributed by atoms with E-state index >= 15 is 0 Å². The van der Waals surface area contributed by atoms with Gasteiger partial charge >= 0.3 is 6.18 Å². The maximum atomic E-state index is 12.9. The van der Waals surface area contributed by atoms with Gasteiger partial charge in [-0.15, -0.1) is 14.8 Å². The third-order valence-electron chi connectivity index (χ3n) is 2.53. The Balaban J connectivity index is 2.20. The number of halogens is 3. The molecule has 3 rings (SSSR count). The summed E-state index contributed by atoms with van der Waals surface area (Å²) in [7, 11) is 0. The van der Waals surface area contributed by atoms with Gasteiger partial charge in [0, 0.05) is 11.6 Å². The van der Waals surface area contributed by atoms with Crippen molar-refractivity contribution in [3.8, 4) is 11.3 Å². The van der Waals surface area contributed by atoms with Crippen molar-refractivity contribution >= 4 is 5.65 Å². The number of rotatable bonds is 1. The molecule has 0 saturated heterocycles. The van der Waals surface area contributed by atoms with Crippen LogP contribution in [0.4, 0.5) is 13.2 Å². The standard InChI is InChI=1S/C11H6F3N4/c12-11(13,14)8-4-2-1-3-7(8)9-5-10-15-6-16-18(10)17-9/h1-5H,(H,15,16). The average molecular weight is 251 g/mol. The van der Waals surface area contributed by atoms with Crippen molar-refractivity contribution in [1.82, 2.24) is 19.8 Å². The first kappa shape index (κ1) is 10.8. The number of alkyl halides is 3. The van der Waals surface area contributed by atoms with Gasteiger partial charge in [-0.25, -0.2) is 0 Å². The number of fused-ring (bicyclic) bond motifs is 1. The Hall–Kier alpha value is -2.31. The largest absolute Gasteiger partial charge is 0.417 e. The topological polar surface area (TPSA) is 46.0 Å². The molecule has 7 heteroatoms. The molecular weight excluding hydrogens is 245 g/mol. The summed E-state index contributed by atoms with van der Waals surface area (Å²) in [6.45, 7) is 0. The molecule has 0 unspecified atom stereocenters. The highest BCUT2D eigenvalue weighted by Crippen LogP contribution is 2.36. The fourth-order valence-electron chi connectivity index (χ4n) is 1.75. The lowest BCUT2D eigenvalue weighted by Crippen LogP contribution is -2.07. The molecule has 0 bridgehead atoms. The number of nitrogens with one attached hydrogen (secondary N) is 1. The van der Waals surface area contributed by atoms with Gasteiger partial charge in [-0.2, -0.15) is 13.2 Å². The van der Waals surface area contributed by atoms with Gasteiger partial charge in [0.2, 0.25) is 0 Å². The van der Waals surface area contributed by atoms with Gasteiger partial charge in [0.25, 0.3) is 0 Å². The Bertz CT molecular complexity index is 667. The highest BCUT2D eigenvalue weighted by molar-refractivity contribution is 5.67. The lowest BCUT2D eigenvalue weighted by molar-refractivity contribution is -0.137. The van der Waals surface area contributed by atoms with Crippen LogP contribution in [0, 0.1) is 6.33 Å². The molecule has 0 saturated carbocycles. The normalized spacial score (nSPS) is 12.2. The second-order valence-corrected chi connectivity index (χ2v) is 3.68. The number of nitrogens with zero attached hydrogens (tertiary/aromatic N) is 3. The molecule has 0 aliphatic carbocycles. The second kappa shape index (κ2) is 3.59. The third-order valence-corrected chi connectivity index (χ3v) is 2.53. The fourth-order valence-corrected chi connectivity index (χ4v) is 1.75. The van der Waals surface area contributed by atoms with Crippen molar-refractivity contribution in [2.24, 2.45) is 0 Å². The number of aromatic amines is 1. The molecule has 3 aromatic rings. The Kier molecular flexibility index (Phi) is 2.16. The smallest absolute Gasteiger partial charge is 0.319 e. The molecule has 0 atom stereocenters. The third kappa shape index (κ3) is 1.64. The Morgan fingerprint density at radius 3 is 2.72 bits per heavy atom. The van der Waals surface area contributed by atoms with E-state index in [0.29, 0.717) is 5.65 Å². The van der Waals surface area contributed by atoms with E-state index in [4.69, 9.17) is 0 Å². The zero-order chi connectivity index (χ0) is 12.8. The first-order valence-corrected chi connectivity index (χ1v) is 5.04. The number of aromatic nitrogens is 4. The van der Waals surface area contributed by atoms with Crippen molar-refractivity contribution in [3.63, 3.8) is 0 Å². The molecule has 2 aromatic heterocycles. The van der Waals surface area contributed by atoms with Gasteiger partial charge < -0.3 is 4.98 Å². The van der Waals surface area contributed by atoms with Gasteiger partial charge in [0.1, 0.15) is 0 Å². The summed E-state index contributed by atoms with van der Waals surface area (Å²) in [5.41, 5.74) is 0.0243. The van der Waals surface area contributed by atoms with Crippen molar-refractivity contribution in [2.75, 3.05) is 0 Å². The summed E-state index contributed by atoms with van der Waals surface area (Å²) >= 11 is 0. The highest BCUT2D eigenvalue weighted by atomic mass is 19.4. The summed E-state index contributed by atoms with van der Waals surface area (Å²) in [5.74, 6) is 0. The van der Waals surface area contributed by atoms with E-state index in [9.17, 15) is 13.2 Å². The van der Waals surface area contributed by atoms with Crippen LogP contribution in [0.3, 0.4) is 0 Å². The molecule has 0 amide bonds. The van der Waals surface area contributed by atoms with Gasteiger partial charge in [0.05, 0.1) is 11.3 Å². The summed E-state index contributed by atoms with van der Waals surface area (Å²) < 4.78 is 39.8. The predicted molar refractivity (Wildman–Crippen MR) is 56.6 cm³/mol. The number of benzene rings is 1. The molecule has 0 spiro atoms. The predicted octanol–water partition coefficient (Wildman–Crippen LogP) is 2.54. The van der Waals surface area contributed by atoms with Crippen molar-refractivity contribution in [3.05, 3.63) is 42.2 Å². The van der Waals surface area contributed by atoms with E-state index in [1.807, 2.05) is 0 Å². The molecule has 18 heavy (non-hydrogen) atoms. The number of H-pyrrole nitrogens is 1. The van der Waals surface area contributed by atoms with Crippen molar-refractivity contribution in [1.29, 1.82) is 0 Å². The van der Waals surface area contributed by atoms with Gasteiger partial charge in [-0.05, 0) is 6.07 Å². The molecule has 0 aliphatic heterocycles. The molecule has 2 heterocycles. The zero-order valence-corrected chi connectivity index (χ0v) is 8.86. The maximum Gasteiger partial charge on any atom is 0.417 e. The molecule has 91 valence electrons. The molecular formula is C11H6F3N4. The van der Waals surface area contributed by atoms with Crippen LogP contribution in [0.5, 0.6) is 0 Å². The van der Waals surface area contributed by atoms with Crippen LogP contribution in [-0.2, 0) is 6.18 Å². The van der Waals surface area contributed by atoms with Crippen LogP contribution in [0.25, 0.3) is 16.9 Å². The first-order chi connectivity index (χ1) is 8.55. The lowest BCUT2D eigenvalue weighted by atomic mass is 10.0. The Morgan fingerprint density at radius 1 is 1.22 bits per heavy atom.